The van der Waals surface area contributed by atoms with Crippen molar-refractivity contribution < 1.29 is 14.3 Å². The van der Waals surface area contributed by atoms with Crippen LogP contribution in [-0.2, 0) is 11.8 Å². The van der Waals surface area contributed by atoms with Crippen LogP contribution < -0.4 is 21.1 Å². The molecule has 4 aliphatic rings. The smallest absolute Gasteiger partial charge is 0.290 e. The Morgan fingerprint density at radius 3 is 2.69 bits per heavy atom. The van der Waals surface area contributed by atoms with Crippen LogP contribution in [-0.4, -0.2) is 76.9 Å². The van der Waals surface area contributed by atoms with Crippen LogP contribution in [0.4, 0.5) is 17.3 Å². The van der Waals surface area contributed by atoms with Gasteiger partial charge in [0.2, 0.25) is 0 Å². The highest BCUT2D eigenvalue weighted by Crippen LogP contribution is 2.55. The lowest BCUT2D eigenvalue weighted by Crippen LogP contribution is -2.48. The molecule has 2 amide bonds. The number of aromatic nitrogens is 3. The lowest BCUT2D eigenvalue weighted by atomic mass is 9.99. The number of fused-ring (bicyclic) bond motifs is 5. The number of carbonyl (C=O) groups excluding carboxylic acids is 2. The molecule has 3 fully saturated rings. The number of aryl methyl sites for hydroxylation is 1. The molecule has 0 unspecified atom stereocenters. The Morgan fingerprint density at radius 1 is 1.07 bits per heavy atom. The Kier molecular flexibility index (Phi) is 7.19. The standard InChI is InChI=1S/C30H35N7O4S/c1-35-30(40)23(33-25-7-6-20(16-31-25)29(39)36-9-11-41-12-10-36)15-26(34-35)37-8-2-3-21(17-37)32-28(38)24-14-22-18-4-5-19(13-18)27(22)42-24/h6-7,14-16,18-19,21H,2-5,8-13,17H2,1H3,(H,31,33)(H,32,38)/t18-,19+,21-/m1/s1. The van der Waals surface area contributed by atoms with E-state index in [1.165, 1.54) is 40.6 Å². The fourth-order valence-electron chi connectivity index (χ4n) is 6.75. The van der Waals surface area contributed by atoms with Gasteiger partial charge in [0.1, 0.15) is 11.5 Å². The van der Waals surface area contributed by atoms with E-state index in [0.717, 1.165) is 24.3 Å². The molecule has 3 aromatic heterocycles. The van der Waals surface area contributed by atoms with Crippen LogP contribution in [0.5, 0.6) is 0 Å². The number of carbonyl (C=O) groups is 2. The lowest BCUT2D eigenvalue weighted by Gasteiger charge is -2.34. The molecule has 3 atom stereocenters. The first kappa shape index (κ1) is 27.1. The van der Waals surface area contributed by atoms with Gasteiger partial charge in [-0.3, -0.25) is 14.4 Å². The molecule has 12 heteroatoms. The highest BCUT2D eigenvalue weighted by Gasteiger charge is 2.39. The third-order valence-electron chi connectivity index (χ3n) is 8.96. The number of hydrogen-bond acceptors (Lipinski definition) is 9. The van der Waals surface area contributed by atoms with Crippen LogP contribution in [0.1, 0.15) is 74.4 Å². The zero-order chi connectivity index (χ0) is 28.8. The highest BCUT2D eigenvalue weighted by atomic mass is 32.1. The van der Waals surface area contributed by atoms with E-state index in [1.807, 2.05) is 0 Å². The molecule has 2 aliphatic heterocycles. The maximum absolute atomic E-state index is 13.2. The summed E-state index contributed by atoms with van der Waals surface area (Å²) >= 11 is 1.68. The molecule has 2 aliphatic carbocycles. The predicted octanol–water partition coefficient (Wildman–Crippen LogP) is 3.22. The molecule has 220 valence electrons. The number of thiophene rings is 1. The number of piperidine rings is 1. The van der Waals surface area contributed by atoms with Crippen molar-refractivity contribution in [1.29, 1.82) is 0 Å². The van der Waals surface area contributed by atoms with Gasteiger partial charge < -0.3 is 25.2 Å². The van der Waals surface area contributed by atoms with Crippen molar-refractivity contribution in [2.24, 2.45) is 7.05 Å². The second-order valence-electron chi connectivity index (χ2n) is 11.7. The molecular weight excluding hydrogens is 554 g/mol. The SMILES string of the molecule is Cn1nc(N2CCC[C@@H](NC(=O)c3cc4c(s3)[C@H]3CC[C@@H]4C3)C2)cc(Nc2ccc(C(=O)N3CCOCC3)cn2)c1=O. The van der Waals surface area contributed by atoms with Crippen LogP contribution in [0.3, 0.4) is 0 Å². The van der Waals surface area contributed by atoms with E-state index < -0.39 is 0 Å². The van der Waals surface area contributed by atoms with E-state index in [4.69, 9.17) is 4.74 Å². The first-order valence-corrected chi connectivity index (χ1v) is 15.6. The number of rotatable bonds is 6. The molecule has 1 saturated carbocycles. The van der Waals surface area contributed by atoms with Crippen molar-refractivity contribution in [1.82, 2.24) is 25.0 Å². The molecule has 11 nitrogen and oxygen atoms in total. The van der Waals surface area contributed by atoms with Crippen LogP contribution in [0, 0.1) is 0 Å². The summed E-state index contributed by atoms with van der Waals surface area (Å²) in [7, 11) is 1.63. The van der Waals surface area contributed by atoms with E-state index in [-0.39, 0.29) is 23.4 Å². The number of nitrogens with zero attached hydrogens (tertiary/aromatic N) is 5. The Labute approximate surface area is 247 Å². The van der Waals surface area contributed by atoms with Crippen molar-refractivity contribution in [3.63, 3.8) is 0 Å². The Balaban J connectivity index is 1.02. The maximum Gasteiger partial charge on any atom is 0.290 e. The topological polar surface area (TPSA) is 122 Å². The predicted molar refractivity (Wildman–Crippen MR) is 160 cm³/mol. The average Bonchev–Trinajstić information content (AvgIpc) is 3.75. The average molecular weight is 590 g/mol. The van der Waals surface area contributed by atoms with Gasteiger partial charge in [0.05, 0.1) is 23.7 Å². The molecule has 3 aromatic rings. The summed E-state index contributed by atoms with van der Waals surface area (Å²) in [6.45, 7) is 3.59. The number of ether oxygens (including phenoxy) is 1. The minimum Gasteiger partial charge on any atom is -0.378 e. The molecule has 0 aromatic carbocycles. The molecule has 5 heterocycles. The minimum absolute atomic E-state index is 0.00595. The first-order valence-electron chi connectivity index (χ1n) is 14.8. The number of hydrogen-bond donors (Lipinski definition) is 2. The number of amides is 2. The zero-order valence-electron chi connectivity index (χ0n) is 23.7. The Hall–Kier alpha value is -3.77. The monoisotopic (exact) mass is 589 g/mol. The second-order valence-corrected chi connectivity index (χ2v) is 12.8. The summed E-state index contributed by atoms with van der Waals surface area (Å²) in [6, 6.07) is 7.27. The zero-order valence-corrected chi connectivity index (χ0v) is 24.5. The number of pyridine rings is 1. The molecule has 42 heavy (non-hydrogen) atoms. The summed E-state index contributed by atoms with van der Waals surface area (Å²) in [5, 5.41) is 10.9. The fourth-order valence-corrected chi connectivity index (χ4v) is 8.05. The van der Waals surface area contributed by atoms with E-state index in [0.29, 0.717) is 67.6 Å². The van der Waals surface area contributed by atoms with Crippen LogP contribution in [0.15, 0.2) is 35.3 Å². The number of morpholine rings is 1. The first-order chi connectivity index (χ1) is 20.4. The van der Waals surface area contributed by atoms with Crippen molar-refractivity contribution >= 4 is 40.5 Å². The Morgan fingerprint density at radius 2 is 1.90 bits per heavy atom. The van der Waals surface area contributed by atoms with Crippen LogP contribution in [0.25, 0.3) is 0 Å². The number of anilines is 3. The van der Waals surface area contributed by atoms with E-state index >= 15 is 0 Å². The van der Waals surface area contributed by atoms with E-state index in [2.05, 4.69) is 31.7 Å². The fraction of sp³-hybridized carbons (Fsp3) is 0.500. The van der Waals surface area contributed by atoms with Gasteiger partial charge in [0.15, 0.2) is 5.82 Å². The summed E-state index contributed by atoms with van der Waals surface area (Å²) in [5.74, 6) is 2.36. The van der Waals surface area contributed by atoms with Gasteiger partial charge in [-0.05, 0) is 67.7 Å². The second kappa shape index (κ2) is 11.1. The molecule has 0 spiro atoms. The van der Waals surface area contributed by atoms with Crippen LogP contribution in [0.2, 0.25) is 0 Å². The highest BCUT2D eigenvalue weighted by molar-refractivity contribution is 7.14. The van der Waals surface area contributed by atoms with E-state index in [9.17, 15) is 14.4 Å². The van der Waals surface area contributed by atoms with Gasteiger partial charge >= 0.3 is 0 Å². The van der Waals surface area contributed by atoms with Gasteiger partial charge in [0, 0.05) is 56.4 Å². The molecular formula is C30H35N7O4S. The van der Waals surface area contributed by atoms with Gasteiger partial charge in [-0.1, -0.05) is 0 Å². The molecule has 2 bridgehead atoms. The largest absolute Gasteiger partial charge is 0.378 e. The van der Waals surface area contributed by atoms with Crippen molar-refractivity contribution in [2.75, 3.05) is 49.6 Å². The van der Waals surface area contributed by atoms with E-state index in [1.54, 1.807) is 41.5 Å². The normalized spacial score (nSPS) is 23.1. The Bertz CT molecular complexity index is 1540. The van der Waals surface area contributed by atoms with Gasteiger partial charge in [-0.15, -0.1) is 11.3 Å². The number of nitrogens with one attached hydrogen (secondary N) is 2. The lowest BCUT2D eigenvalue weighted by molar-refractivity contribution is 0.0302. The van der Waals surface area contributed by atoms with Gasteiger partial charge in [-0.2, -0.15) is 5.10 Å². The van der Waals surface area contributed by atoms with Gasteiger partial charge in [0.25, 0.3) is 17.4 Å². The van der Waals surface area contributed by atoms with Crippen molar-refractivity contribution in [3.8, 4) is 0 Å². The third kappa shape index (κ3) is 5.17. The van der Waals surface area contributed by atoms with Crippen molar-refractivity contribution in [2.45, 2.75) is 50.0 Å². The maximum atomic E-state index is 13.2. The molecule has 2 N–H and O–H groups in total. The third-order valence-corrected chi connectivity index (χ3v) is 10.3. The summed E-state index contributed by atoms with van der Waals surface area (Å²) in [6.07, 6.45) is 7.11. The van der Waals surface area contributed by atoms with Crippen LogP contribution >= 0.6 is 11.3 Å². The molecule has 2 saturated heterocycles. The summed E-state index contributed by atoms with van der Waals surface area (Å²) in [4.78, 5) is 49.4. The van der Waals surface area contributed by atoms with Gasteiger partial charge in [-0.25, -0.2) is 9.67 Å². The summed E-state index contributed by atoms with van der Waals surface area (Å²) in [5.41, 5.74) is 1.97. The minimum atomic E-state index is -0.282. The quantitative estimate of drug-likeness (QED) is 0.450. The molecule has 0 radical (unpaired) electrons. The summed E-state index contributed by atoms with van der Waals surface area (Å²) < 4.78 is 6.64. The van der Waals surface area contributed by atoms with Crippen molar-refractivity contribution in [3.05, 3.63) is 61.7 Å². The molecule has 7 rings (SSSR count).